The summed E-state index contributed by atoms with van der Waals surface area (Å²) in [6, 6.07) is 9.35. The zero-order chi connectivity index (χ0) is 19.3. The van der Waals surface area contributed by atoms with Gasteiger partial charge in [-0.2, -0.15) is 0 Å². The summed E-state index contributed by atoms with van der Waals surface area (Å²) >= 11 is 5.97. The molecule has 146 valence electrons. The molecule has 0 radical (unpaired) electrons. The van der Waals surface area contributed by atoms with Crippen LogP contribution in [0.15, 0.2) is 42.9 Å². The third-order valence-corrected chi connectivity index (χ3v) is 6.88. The Labute approximate surface area is 169 Å². The fourth-order valence-corrected chi connectivity index (χ4v) is 5.03. The van der Waals surface area contributed by atoms with Gasteiger partial charge in [-0.05, 0) is 85.6 Å². The molecule has 2 saturated carbocycles. The minimum Gasteiger partial charge on any atom is -0.387 e. The predicted octanol–water partition coefficient (Wildman–Crippen LogP) is 6.01. The number of hydrogen-bond acceptors (Lipinski definition) is 2. The molecule has 0 bridgehead atoms. The largest absolute Gasteiger partial charge is 0.387 e. The van der Waals surface area contributed by atoms with Gasteiger partial charge in [-0.15, -0.1) is 0 Å². The van der Waals surface area contributed by atoms with Crippen molar-refractivity contribution in [2.24, 2.45) is 5.92 Å². The fourth-order valence-electron chi connectivity index (χ4n) is 4.84. The Hall–Kier alpha value is -1.91. The van der Waals surface area contributed by atoms with Crippen LogP contribution < -0.4 is 0 Å². The van der Waals surface area contributed by atoms with Crippen molar-refractivity contribution in [3.8, 4) is 0 Å². The summed E-state index contributed by atoms with van der Waals surface area (Å²) in [7, 11) is 0. The van der Waals surface area contributed by atoms with Gasteiger partial charge in [0.1, 0.15) is 5.82 Å². The molecule has 1 atom stereocenters. The summed E-state index contributed by atoms with van der Waals surface area (Å²) in [4.78, 5) is 4.29. The number of nitrogens with zero attached hydrogens (tertiary/aromatic N) is 2. The second kappa shape index (κ2) is 7.16. The van der Waals surface area contributed by atoms with Crippen molar-refractivity contribution in [1.82, 2.24) is 9.38 Å². The first kappa shape index (κ1) is 18.1. The van der Waals surface area contributed by atoms with E-state index in [0.29, 0.717) is 11.8 Å². The first-order chi connectivity index (χ1) is 13.6. The van der Waals surface area contributed by atoms with E-state index in [1.165, 1.54) is 24.5 Å². The standard InChI is InChI=1S/C23H24ClFN2O/c24-20-11-17(7-10-21(20)25)14-1-5-16(6-2-14)23(28)22-19(15-3-4-15)9-8-18-12-26-13-27(18)22/h7-16,23,28H,1-6H2. The van der Waals surface area contributed by atoms with Crippen LogP contribution >= 0.6 is 11.6 Å². The smallest absolute Gasteiger partial charge is 0.141 e. The van der Waals surface area contributed by atoms with Gasteiger partial charge in [-0.1, -0.05) is 23.7 Å². The summed E-state index contributed by atoms with van der Waals surface area (Å²) in [6.07, 6.45) is 9.49. The average molecular weight is 399 g/mol. The molecule has 0 spiro atoms. The van der Waals surface area contributed by atoms with Gasteiger partial charge < -0.3 is 9.51 Å². The van der Waals surface area contributed by atoms with Crippen molar-refractivity contribution in [3.05, 3.63) is 70.5 Å². The molecule has 0 amide bonds. The van der Waals surface area contributed by atoms with E-state index >= 15 is 0 Å². The number of pyridine rings is 1. The third-order valence-electron chi connectivity index (χ3n) is 6.59. The molecule has 5 rings (SSSR count). The predicted molar refractivity (Wildman–Crippen MR) is 108 cm³/mol. The van der Waals surface area contributed by atoms with Crippen LogP contribution in [0.25, 0.3) is 5.52 Å². The lowest BCUT2D eigenvalue weighted by Gasteiger charge is -2.33. The Morgan fingerprint density at radius 1 is 1.04 bits per heavy atom. The van der Waals surface area contributed by atoms with Crippen LogP contribution in [0.3, 0.4) is 0 Å². The van der Waals surface area contributed by atoms with Crippen LogP contribution in [-0.4, -0.2) is 14.5 Å². The molecule has 0 aliphatic heterocycles. The van der Waals surface area contributed by atoms with Gasteiger partial charge >= 0.3 is 0 Å². The number of halogens is 2. The molecule has 2 aliphatic rings. The molecule has 1 aromatic carbocycles. The van der Waals surface area contributed by atoms with E-state index in [-0.39, 0.29) is 16.8 Å². The molecule has 5 heteroatoms. The van der Waals surface area contributed by atoms with Crippen LogP contribution in [0, 0.1) is 11.7 Å². The maximum absolute atomic E-state index is 13.5. The molecule has 2 aromatic heterocycles. The van der Waals surface area contributed by atoms with E-state index in [4.69, 9.17) is 11.6 Å². The van der Waals surface area contributed by atoms with Crippen LogP contribution in [0.1, 0.15) is 73.3 Å². The first-order valence-electron chi connectivity index (χ1n) is 10.2. The lowest BCUT2D eigenvalue weighted by Crippen LogP contribution is -2.22. The minimum atomic E-state index is -0.480. The Kier molecular flexibility index (Phi) is 4.64. The summed E-state index contributed by atoms with van der Waals surface area (Å²) < 4.78 is 15.5. The summed E-state index contributed by atoms with van der Waals surface area (Å²) in [6.45, 7) is 0. The number of hydrogen-bond donors (Lipinski definition) is 1. The van der Waals surface area contributed by atoms with Crippen molar-refractivity contribution < 1.29 is 9.50 Å². The van der Waals surface area contributed by atoms with Gasteiger partial charge in [-0.3, -0.25) is 0 Å². The van der Waals surface area contributed by atoms with Gasteiger partial charge in [0.05, 0.1) is 34.9 Å². The zero-order valence-corrected chi connectivity index (χ0v) is 16.4. The highest BCUT2D eigenvalue weighted by molar-refractivity contribution is 6.30. The highest BCUT2D eigenvalue weighted by Crippen LogP contribution is 2.47. The van der Waals surface area contributed by atoms with Crippen LogP contribution in [-0.2, 0) is 0 Å². The lowest BCUT2D eigenvalue weighted by atomic mass is 9.75. The maximum Gasteiger partial charge on any atom is 0.141 e. The molecule has 3 nitrogen and oxygen atoms in total. The van der Waals surface area contributed by atoms with Gasteiger partial charge in [0.2, 0.25) is 0 Å². The maximum atomic E-state index is 13.5. The van der Waals surface area contributed by atoms with E-state index < -0.39 is 6.10 Å². The van der Waals surface area contributed by atoms with Gasteiger partial charge in [0.15, 0.2) is 0 Å². The van der Waals surface area contributed by atoms with E-state index in [0.717, 1.165) is 42.5 Å². The Balaban J connectivity index is 1.37. The first-order valence-corrected chi connectivity index (χ1v) is 10.6. The number of aliphatic hydroxyl groups is 1. The number of fused-ring (bicyclic) bond motifs is 1. The van der Waals surface area contributed by atoms with Gasteiger partial charge in [0, 0.05) is 0 Å². The second-order valence-electron chi connectivity index (χ2n) is 8.37. The SMILES string of the molecule is OC(c1c(C2CC2)ccc2cncn12)C1CCC(c2ccc(F)c(Cl)c2)CC1. The zero-order valence-electron chi connectivity index (χ0n) is 15.7. The minimum absolute atomic E-state index is 0.195. The van der Waals surface area contributed by atoms with Crippen LogP contribution in [0.4, 0.5) is 4.39 Å². The van der Waals surface area contributed by atoms with Crippen LogP contribution in [0.5, 0.6) is 0 Å². The molecular weight excluding hydrogens is 375 g/mol. The topological polar surface area (TPSA) is 37.5 Å². The molecule has 2 heterocycles. The van der Waals surface area contributed by atoms with Gasteiger partial charge in [-0.25, -0.2) is 9.37 Å². The van der Waals surface area contributed by atoms with Crippen LogP contribution in [0.2, 0.25) is 5.02 Å². The fraction of sp³-hybridized carbons (Fsp3) is 0.435. The number of aromatic nitrogens is 2. The quantitative estimate of drug-likeness (QED) is 0.584. The third kappa shape index (κ3) is 3.23. The highest BCUT2D eigenvalue weighted by Gasteiger charge is 2.34. The summed E-state index contributed by atoms with van der Waals surface area (Å²) in [5.74, 6) is 0.830. The Morgan fingerprint density at radius 2 is 1.79 bits per heavy atom. The summed E-state index contributed by atoms with van der Waals surface area (Å²) in [5, 5.41) is 11.5. The Bertz CT molecular complexity index is 1010. The molecule has 1 N–H and O–H groups in total. The van der Waals surface area contributed by atoms with Crippen molar-refractivity contribution in [3.63, 3.8) is 0 Å². The van der Waals surface area contributed by atoms with Crippen molar-refractivity contribution in [1.29, 1.82) is 0 Å². The van der Waals surface area contributed by atoms with Crippen molar-refractivity contribution in [2.45, 2.75) is 56.5 Å². The van der Waals surface area contributed by atoms with Gasteiger partial charge in [0.25, 0.3) is 0 Å². The lowest BCUT2D eigenvalue weighted by molar-refractivity contribution is 0.0754. The second-order valence-corrected chi connectivity index (χ2v) is 8.77. The number of aliphatic hydroxyl groups excluding tert-OH is 1. The van der Waals surface area contributed by atoms with E-state index in [2.05, 4.69) is 21.5 Å². The summed E-state index contributed by atoms with van der Waals surface area (Å²) in [5.41, 5.74) is 4.46. The van der Waals surface area contributed by atoms with E-state index in [1.54, 1.807) is 6.07 Å². The molecule has 1 unspecified atom stereocenters. The molecule has 3 aromatic rings. The number of benzene rings is 1. The van der Waals surface area contributed by atoms with E-state index in [1.807, 2.05) is 18.6 Å². The van der Waals surface area contributed by atoms with E-state index in [9.17, 15) is 9.50 Å². The number of imidazole rings is 1. The average Bonchev–Trinajstić information content (AvgIpc) is 3.45. The highest BCUT2D eigenvalue weighted by atomic mass is 35.5. The molecule has 28 heavy (non-hydrogen) atoms. The molecular formula is C23H24ClFN2O. The van der Waals surface area contributed by atoms with Crippen molar-refractivity contribution >= 4 is 17.1 Å². The monoisotopic (exact) mass is 398 g/mol. The molecule has 2 fully saturated rings. The number of rotatable bonds is 4. The molecule has 0 saturated heterocycles. The normalized spacial score (nSPS) is 23.8. The Morgan fingerprint density at radius 3 is 2.50 bits per heavy atom. The molecule has 2 aliphatic carbocycles. The van der Waals surface area contributed by atoms with Crippen molar-refractivity contribution in [2.75, 3.05) is 0 Å².